The zero-order valence-electron chi connectivity index (χ0n) is 13.7. The summed E-state index contributed by atoms with van der Waals surface area (Å²) in [5.41, 5.74) is 2.56. The van der Waals surface area contributed by atoms with Crippen molar-refractivity contribution in [2.24, 2.45) is 0 Å². The van der Waals surface area contributed by atoms with Gasteiger partial charge in [-0.1, -0.05) is 19.9 Å². The SMILES string of the molecule is Cc1cc(OCCN(CC(=O)O)C(C)C)ccc1C(C)C. The van der Waals surface area contributed by atoms with Crippen LogP contribution in [-0.2, 0) is 4.79 Å². The number of hydrogen-bond donors (Lipinski definition) is 1. The molecule has 0 amide bonds. The second-order valence-corrected chi connectivity index (χ2v) is 5.98. The number of carboxylic acids is 1. The first-order valence-electron chi connectivity index (χ1n) is 7.50. The van der Waals surface area contributed by atoms with Crippen molar-refractivity contribution in [2.75, 3.05) is 19.7 Å². The molecule has 1 N–H and O–H groups in total. The Kier molecular flexibility index (Phi) is 6.69. The summed E-state index contributed by atoms with van der Waals surface area (Å²) in [5.74, 6) is 0.544. The van der Waals surface area contributed by atoms with Gasteiger partial charge < -0.3 is 9.84 Å². The number of aryl methyl sites for hydroxylation is 1. The Labute approximate surface area is 127 Å². The maximum absolute atomic E-state index is 10.8. The van der Waals surface area contributed by atoms with Crippen molar-refractivity contribution >= 4 is 5.97 Å². The van der Waals surface area contributed by atoms with E-state index in [0.717, 1.165) is 5.75 Å². The Morgan fingerprint density at radius 1 is 1.29 bits per heavy atom. The van der Waals surface area contributed by atoms with Crippen LogP contribution in [-0.4, -0.2) is 41.7 Å². The Balaban J connectivity index is 2.55. The number of rotatable bonds is 8. The minimum absolute atomic E-state index is 0.0480. The van der Waals surface area contributed by atoms with Crippen molar-refractivity contribution in [3.05, 3.63) is 29.3 Å². The van der Waals surface area contributed by atoms with Crippen LogP contribution in [0.25, 0.3) is 0 Å². The minimum atomic E-state index is -0.805. The van der Waals surface area contributed by atoms with E-state index in [2.05, 4.69) is 26.8 Å². The van der Waals surface area contributed by atoms with Gasteiger partial charge in [0.25, 0.3) is 0 Å². The average Bonchev–Trinajstić information content (AvgIpc) is 2.36. The lowest BCUT2D eigenvalue weighted by Gasteiger charge is -2.24. The third kappa shape index (κ3) is 5.76. The fraction of sp³-hybridized carbons (Fsp3) is 0.588. The van der Waals surface area contributed by atoms with E-state index in [9.17, 15) is 4.79 Å². The fourth-order valence-electron chi connectivity index (χ4n) is 2.36. The van der Waals surface area contributed by atoms with E-state index in [1.807, 2.05) is 30.9 Å². The Hall–Kier alpha value is -1.55. The molecule has 0 atom stereocenters. The molecule has 0 fully saturated rings. The molecule has 0 unspecified atom stereocenters. The summed E-state index contributed by atoms with van der Waals surface area (Å²) in [6, 6.07) is 6.33. The van der Waals surface area contributed by atoms with Crippen LogP contribution in [0.5, 0.6) is 5.75 Å². The van der Waals surface area contributed by atoms with Gasteiger partial charge in [-0.05, 0) is 49.9 Å². The zero-order chi connectivity index (χ0) is 16.0. The summed E-state index contributed by atoms with van der Waals surface area (Å²) < 4.78 is 5.75. The van der Waals surface area contributed by atoms with Gasteiger partial charge in [-0.3, -0.25) is 9.69 Å². The maximum Gasteiger partial charge on any atom is 0.317 e. The molecule has 0 radical (unpaired) electrons. The summed E-state index contributed by atoms with van der Waals surface area (Å²) in [6.45, 7) is 11.6. The maximum atomic E-state index is 10.8. The van der Waals surface area contributed by atoms with E-state index in [0.29, 0.717) is 19.1 Å². The second-order valence-electron chi connectivity index (χ2n) is 5.98. The molecule has 1 aromatic carbocycles. The molecule has 4 heteroatoms. The molecule has 0 aliphatic heterocycles. The topological polar surface area (TPSA) is 49.8 Å². The van der Waals surface area contributed by atoms with Gasteiger partial charge in [-0.2, -0.15) is 0 Å². The van der Waals surface area contributed by atoms with Gasteiger partial charge in [0.15, 0.2) is 0 Å². The summed E-state index contributed by atoms with van der Waals surface area (Å²) in [4.78, 5) is 12.7. The number of aliphatic carboxylic acids is 1. The van der Waals surface area contributed by atoms with Crippen LogP contribution >= 0.6 is 0 Å². The van der Waals surface area contributed by atoms with Crippen LogP contribution in [0.1, 0.15) is 44.7 Å². The smallest absolute Gasteiger partial charge is 0.317 e. The summed E-state index contributed by atoms with van der Waals surface area (Å²) >= 11 is 0. The number of carboxylic acid groups (broad SMARTS) is 1. The quantitative estimate of drug-likeness (QED) is 0.799. The van der Waals surface area contributed by atoms with Crippen LogP contribution in [0.4, 0.5) is 0 Å². The van der Waals surface area contributed by atoms with E-state index in [1.54, 1.807) is 0 Å². The van der Waals surface area contributed by atoms with E-state index >= 15 is 0 Å². The van der Waals surface area contributed by atoms with E-state index in [4.69, 9.17) is 9.84 Å². The molecule has 0 saturated heterocycles. The van der Waals surface area contributed by atoms with Gasteiger partial charge >= 0.3 is 5.97 Å². The number of hydrogen-bond acceptors (Lipinski definition) is 3. The molecule has 118 valence electrons. The lowest BCUT2D eigenvalue weighted by Crippen LogP contribution is -2.38. The molecule has 1 rings (SSSR count). The lowest BCUT2D eigenvalue weighted by molar-refractivity contribution is -0.138. The van der Waals surface area contributed by atoms with Crippen LogP contribution in [0.3, 0.4) is 0 Å². The van der Waals surface area contributed by atoms with Crippen molar-refractivity contribution in [2.45, 2.75) is 46.6 Å². The number of carbonyl (C=O) groups is 1. The van der Waals surface area contributed by atoms with Crippen LogP contribution in [0, 0.1) is 6.92 Å². The molecule has 4 nitrogen and oxygen atoms in total. The molecule has 0 aliphatic rings. The average molecular weight is 293 g/mol. The van der Waals surface area contributed by atoms with E-state index in [1.165, 1.54) is 11.1 Å². The highest BCUT2D eigenvalue weighted by atomic mass is 16.5. The summed E-state index contributed by atoms with van der Waals surface area (Å²) in [7, 11) is 0. The highest BCUT2D eigenvalue weighted by molar-refractivity contribution is 5.69. The van der Waals surface area contributed by atoms with Gasteiger partial charge in [0.1, 0.15) is 12.4 Å². The molecule has 0 saturated carbocycles. The predicted octanol–water partition coefficient (Wildman–Crippen LogP) is 3.29. The molecule has 0 heterocycles. The molecule has 0 aliphatic carbocycles. The van der Waals surface area contributed by atoms with Crippen LogP contribution < -0.4 is 4.74 Å². The molecule has 1 aromatic rings. The molecular formula is C17H27NO3. The third-order valence-corrected chi connectivity index (χ3v) is 3.58. The molecule has 0 aromatic heterocycles. The molecular weight excluding hydrogens is 266 g/mol. The monoisotopic (exact) mass is 293 g/mol. The van der Waals surface area contributed by atoms with Gasteiger partial charge in [0.2, 0.25) is 0 Å². The van der Waals surface area contributed by atoms with Crippen molar-refractivity contribution in [3.8, 4) is 5.75 Å². The van der Waals surface area contributed by atoms with Crippen molar-refractivity contribution < 1.29 is 14.6 Å². The number of nitrogens with zero attached hydrogens (tertiary/aromatic N) is 1. The lowest BCUT2D eigenvalue weighted by atomic mass is 9.98. The Morgan fingerprint density at radius 3 is 2.43 bits per heavy atom. The zero-order valence-corrected chi connectivity index (χ0v) is 13.7. The predicted molar refractivity (Wildman–Crippen MR) is 85.1 cm³/mol. The normalized spacial score (nSPS) is 11.4. The largest absolute Gasteiger partial charge is 0.492 e. The highest BCUT2D eigenvalue weighted by Gasteiger charge is 2.13. The van der Waals surface area contributed by atoms with E-state index in [-0.39, 0.29) is 12.6 Å². The highest BCUT2D eigenvalue weighted by Crippen LogP contribution is 2.23. The third-order valence-electron chi connectivity index (χ3n) is 3.58. The van der Waals surface area contributed by atoms with Gasteiger partial charge in [-0.15, -0.1) is 0 Å². The number of benzene rings is 1. The standard InChI is InChI=1S/C17H27NO3/c1-12(2)16-7-6-15(10-14(16)5)21-9-8-18(13(3)4)11-17(19)20/h6-7,10,12-13H,8-9,11H2,1-5H3,(H,19,20). The Morgan fingerprint density at radius 2 is 1.95 bits per heavy atom. The van der Waals surface area contributed by atoms with Gasteiger partial charge in [0.05, 0.1) is 6.54 Å². The first kappa shape index (κ1) is 17.5. The van der Waals surface area contributed by atoms with Crippen LogP contribution in [0.2, 0.25) is 0 Å². The van der Waals surface area contributed by atoms with E-state index < -0.39 is 5.97 Å². The molecule has 0 bridgehead atoms. The van der Waals surface area contributed by atoms with Crippen molar-refractivity contribution in [3.63, 3.8) is 0 Å². The van der Waals surface area contributed by atoms with Crippen LogP contribution in [0.15, 0.2) is 18.2 Å². The fourth-order valence-corrected chi connectivity index (χ4v) is 2.36. The first-order valence-corrected chi connectivity index (χ1v) is 7.50. The van der Waals surface area contributed by atoms with Crippen molar-refractivity contribution in [1.82, 2.24) is 4.90 Å². The summed E-state index contributed by atoms with van der Waals surface area (Å²) in [5, 5.41) is 8.89. The minimum Gasteiger partial charge on any atom is -0.492 e. The van der Waals surface area contributed by atoms with Gasteiger partial charge in [-0.25, -0.2) is 0 Å². The van der Waals surface area contributed by atoms with Crippen molar-refractivity contribution in [1.29, 1.82) is 0 Å². The summed E-state index contributed by atoms with van der Waals surface area (Å²) in [6.07, 6.45) is 0. The number of ether oxygens (including phenoxy) is 1. The first-order chi connectivity index (χ1) is 9.81. The molecule has 21 heavy (non-hydrogen) atoms. The molecule has 0 spiro atoms. The van der Waals surface area contributed by atoms with Gasteiger partial charge in [0, 0.05) is 12.6 Å². The Bertz CT molecular complexity index is 469. The second kappa shape index (κ2) is 8.03.